The second-order valence-electron chi connectivity index (χ2n) is 4.62. The van der Waals surface area contributed by atoms with Crippen molar-refractivity contribution in [2.45, 2.75) is 45.6 Å². The van der Waals surface area contributed by atoms with E-state index in [2.05, 4.69) is 23.9 Å². The summed E-state index contributed by atoms with van der Waals surface area (Å²) in [5.74, 6) is 0. The van der Waals surface area contributed by atoms with Crippen molar-refractivity contribution in [3.05, 3.63) is 24.3 Å². The summed E-state index contributed by atoms with van der Waals surface area (Å²) in [6.45, 7) is 4.31. The molecule has 0 fully saturated rings. The van der Waals surface area contributed by atoms with E-state index in [1.807, 2.05) is 6.07 Å². The maximum absolute atomic E-state index is 11.0. The van der Waals surface area contributed by atoms with Gasteiger partial charge in [-0.3, -0.25) is 4.72 Å². The van der Waals surface area contributed by atoms with Crippen molar-refractivity contribution < 1.29 is 8.42 Å². The highest BCUT2D eigenvalue weighted by Crippen LogP contribution is 2.18. The number of rotatable bonds is 8. The summed E-state index contributed by atoms with van der Waals surface area (Å²) in [6.07, 6.45) is 4.50. The molecule has 0 radical (unpaired) electrons. The zero-order chi connectivity index (χ0) is 14.3. The highest BCUT2D eigenvalue weighted by atomic mass is 32.2. The Morgan fingerprint density at radius 1 is 1.26 bits per heavy atom. The fourth-order valence-corrected chi connectivity index (χ4v) is 2.36. The first-order valence-electron chi connectivity index (χ1n) is 6.61. The van der Waals surface area contributed by atoms with Gasteiger partial charge in [0, 0.05) is 11.7 Å². The van der Waals surface area contributed by atoms with E-state index in [-0.39, 0.29) is 0 Å². The van der Waals surface area contributed by atoms with Crippen LogP contribution >= 0.6 is 0 Å². The first-order chi connectivity index (χ1) is 8.94. The number of hydrogen-bond acceptors (Lipinski definition) is 3. The zero-order valence-corrected chi connectivity index (χ0v) is 12.3. The van der Waals surface area contributed by atoms with Gasteiger partial charge in [-0.1, -0.05) is 32.8 Å². The maximum Gasteiger partial charge on any atom is 0.296 e. The van der Waals surface area contributed by atoms with Crippen molar-refractivity contribution in [1.29, 1.82) is 0 Å². The molecular weight excluding hydrogens is 262 g/mol. The minimum atomic E-state index is -3.72. The fourth-order valence-electron chi connectivity index (χ4n) is 1.90. The Bertz CT molecular complexity index is 488. The topological polar surface area (TPSA) is 84.2 Å². The summed E-state index contributed by atoms with van der Waals surface area (Å²) in [4.78, 5) is 0. The molecule has 1 rings (SSSR count). The van der Waals surface area contributed by atoms with Crippen LogP contribution in [0.2, 0.25) is 0 Å². The molecule has 0 aliphatic heterocycles. The lowest BCUT2D eigenvalue weighted by Crippen LogP contribution is -2.22. The van der Waals surface area contributed by atoms with Gasteiger partial charge in [0.15, 0.2) is 0 Å². The monoisotopic (exact) mass is 285 g/mol. The minimum Gasteiger partial charge on any atom is -0.382 e. The van der Waals surface area contributed by atoms with Gasteiger partial charge in [-0.05, 0) is 31.0 Å². The Labute approximate surface area is 115 Å². The van der Waals surface area contributed by atoms with Crippen LogP contribution in [0.1, 0.15) is 39.5 Å². The van der Waals surface area contributed by atoms with E-state index in [9.17, 15) is 8.42 Å². The average molecular weight is 285 g/mol. The first kappa shape index (κ1) is 15.8. The van der Waals surface area contributed by atoms with E-state index in [1.165, 1.54) is 12.8 Å². The number of hydrogen-bond donors (Lipinski definition) is 3. The van der Waals surface area contributed by atoms with Crippen LogP contribution in [0.25, 0.3) is 0 Å². The molecule has 0 aromatic heterocycles. The van der Waals surface area contributed by atoms with Gasteiger partial charge in [0.2, 0.25) is 0 Å². The molecule has 5 nitrogen and oxygen atoms in total. The summed E-state index contributed by atoms with van der Waals surface area (Å²) in [5.41, 5.74) is 1.37. The molecule has 1 atom stereocenters. The standard InChI is InChI=1S/C13H23N3O2S/c1-3-5-7-11(4-2)15-12-8-6-9-13(10-12)16-19(14,17)18/h6,8-11,15-16H,3-5,7H2,1-2H3,(H2,14,17,18). The molecule has 0 aliphatic rings. The summed E-state index contributed by atoms with van der Waals surface area (Å²) >= 11 is 0. The predicted octanol–water partition coefficient (Wildman–Crippen LogP) is 2.68. The smallest absolute Gasteiger partial charge is 0.296 e. The van der Waals surface area contributed by atoms with Crippen LogP contribution in [0.4, 0.5) is 11.4 Å². The average Bonchev–Trinajstić information content (AvgIpc) is 2.32. The second-order valence-corrected chi connectivity index (χ2v) is 5.91. The van der Waals surface area contributed by atoms with E-state index in [0.717, 1.165) is 18.5 Å². The van der Waals surface area contributed by atoms with Crippen LogP contribution in [0.3, 0.4) is 0 Å². The van der Waals surface area contributed by atoms with Gasteiger partial charge in [0.1, 0.15) is 0 Å². The van der Waals surface area contributed by atoms with E-state index < -0.39 is 10.2 Å². The van der Waals surface area contributed by atoms with Gasteiger partial charge in [0.05, 0.1) is 5.69 Å². The third-order valence-electron chi connectivity index (χ3n) is 2.89. The van der Waals surface area contributed by atoms with Crippen LogP contribution in [0, 0.1) is 0 Å². The van der Waals surface area contributed by atoms with Gasteiger partial charge >= 0.3 is 0 Å². The Morgan fingerprint density at radius 2 is 1.95 bits per heavy atom. The lowest BCUT2D eigenvalue weighted by Gasteiger charge is -2.18. The Kier molecular flexibility index (Phi) is 6.11. The largest absolute Gasteiger partial charge is 0.382 e. The van der Waals surface area contributed by atoms with E-state index >= 15 is 0 Å². The lowest BCUT2D eigenvalue weighted by atomic mass is 10.1. The van der Waals surface area contributed by atoms with E-state index in [4.69, 9.17) is 5.14 Å². The predicted molar refractivity (Wildman–Crippen MR) is 80.4 cm³/mol. The number of nitrogens with one attached hydrogen (secondary N) is 2. The summed E-state index contributed by atoms with van der Waals surface area (Å²) in [5, 5.41) is 8.37. The Morgan fingerprint density at radius 3 is 2.53 bits per heavy atom. The van der Waals surface area contributed by atoms with Crippen molar-refractivity contribution in [2.24, 2.45) is 5.14 Å². The lowest BCUT2D eigenvalue weighted by molar-refractivity contribution is 0.593. The Hall–Kier alpha value is -1.27. The molecule has 19 heavy (non-hydrogen) atoms. The van der Waals surface area contributed by atoms with Gasteiger partial charge in [-0.2, -0.15) is 8.42 Å². The molecular formula is C13H23N3O2S. The van der Waals surface area contributed by atoms with Crippen molar-refractivity contribution in [2.75, 3.05) is 10.0 Å². The molecule has 0 spiro atoms. The molecule has 6 heteroatoms. The van der Waals surface area contributed by atoms with Crippen LogP contribution < -0.4 is 15.2 Å². The minimum absolute atomic E-state index is 0.407. The molecule has 1 unspecified atom stereocenters. The zero-order valence-electron chi connectivity index (χ0n) is 11.5. The highest BCUT2D eigenvalue weighted by molar-refractivity contribution is 7.90. The molecule has 0 aliphatic carbocycles. The Balaban J connectivity index is 2.70. The van der Waals surface area contributed by atoms with Crippen molar-refractivity contribution >= 4 is 21.6 Å². The van der Waals surface area contributed by atoms with E-state index in [1.54, 1.807) is 18.2 Å². The van der Waals surface area contributed by atoms with Gasteiger partial charge in [0.25, 0.3) is 10.2 Å². The van der Waals surface area contributed by atoms with E-state index in [0.29, 0.717) is 11.7 Å². The van der Waals surface area contributed by atoms with Gasteiger partial charge in [-0.15, -0.1) is 0 Å². The molecule has 0 amide bonds. The molecule has 108 valence electrons. The molecule has 0 heterocycles. The van der Waals surface area contributed by atoms with Crippen LogP contribution in [0.15, 0.2) is 24.3 Å². The normalized spacial score (nSPS) is 13.0. The van der Waals surface area contributed by atoms with Crippen LogP contribution in [-0.4, -0.2) is 14.5 Å². The van der Waals surface area contributed by atoms with Crippen LogP contribution in [-0.2, 0) is 10.2 Å². The van der Waals surface area contributed by atoms with Crippen molar-refractivity contribution in [3.63, 3.8) is 0 Å². The molecule has 4 N–H and O–H groups in total. The number of nitrogens with two attached hydrogens (primary N) is 1. The highest BCUT2D eigenvalue weighted by Gasteiger charge is 2.07. The van der Waals surface area contributed by atoms with Crippen LogP contribution in [0.5, 0.6) is 0 Å². The maximum atomic E-state index is 11.0. The molecule has 1 aromatic rings. The summed E-state index contributed by atoms with van der Waals surface area (Å²) < 4.78 is 24.2. The van der Waals surface area contributed by atoms with Crippen molar-refractivity contribution in [3.8, 4) is 0 Å². The third-order valence-corrected chi connectivity index (χ3v) is 3.41. The number of anilines is 2. The van der Waals surface area contributed by atoms with Crippen molar-refractivity contribution in [1.82, 2.24) is 0 Å². The number of benzene rings is 1. The fraction of sp³-hybridized carbons (Fsp3) is 0.538. The quantitative estimate of drug-likeness (QED) is 0.686. The number of unbranched alkanes of at least 4 members (excludes halogenated alkanes) is 1. The third kappa shape index (κ3) is 6.45. The summed E-state index contributed by atoms with van der Waals surface area (Å²) in [7, 11) is -3.72. The molecule has 0 saturated heterocycles. The second kappa shape index (κ2) is 7.35. The first-order valence-corrected chi connectivity index (χ1v) is 8.16. The van der Waals surface area contributed by atoms with Gasteiger partial charge in [-0.25, -0.2) is 5.14 Å². The molecule has 0 bridgehead atoms. The van der Waals surface area contributed by atoms with Gasteiger partial charge < -0.3 is 5.32 Å². The molecule has 1 aromatic carbocycles. The SMILES string of the molecule is CCCCC(CC)Nc1cccc(NS(N)(=O)=O)c1. The summed E-state index contributed by atoms with van der Waals surface area (Å²) in [6, 6.07) is 7.54. The molecule has 0 saturated carbocycles.